The number of amides is 2. The molecule has 1 atom stereocenters. The van der Waals surface area contributed by atoms with Crippen molar-refractivity contribution in [2.75, 3.05) is 37.6 Å². The lowest BCUT2D eigenvalue weighted by Gasteiger charge is -2.38. The molecule has 1 aliphatic carbocycles. The van der Waals surface area contributed by atoms with Crippen LogP contribution in [0.15, 0.2) is 36.4 Å². The minimum absolute atomic E-state index is 0.0448. The van der Waals surface area contributed by atoms with Gasteiger partial charge in [0, 0.05) is 43.7 Å². The average Bonchev–Trinajstić information content (AvgIpc) is 2.81. The summed E-state index contributed by atoms with van der Waals surface area (Å²) in [6.07, 6.45) is 3.90. The van der Waals surface area contributed by atoms with Crippen molar-refractivity contribution < 1.29 is 9.59 Å². The van der Waals surface area contributed by atoms with Crippen LogP contribution in [0.1, 0.15) is 45.1 Å². The number of hydrogen-bond acceptors (Lipinski definition) is 5. The minimum Gasteiger partial charge on any atom is -0.352 e. The van der Waals surface area contributed by atoms with E-state index in [-0.39, 0.29) is 30.3 Å². The molecule has 0 bridgehead atoms. The van der Waals surface area contributed by atoms with E-state index < -0.39 is 0 Å². The van der Waals surface area contributed by atoms with Crippen LogP contribution < -0.4 is 4.90 Å². The van der Waals surface area contributed by atoms with Gasteiger partial charge in [0.1, 0.15) is 0 Å². The maximum atomic E-state index is 13.0. The number of carbonyl (C=O) groups excluding carboxylic acids is 2. The summed E-state index contributed by atoms with van der Waals surface area (Å²) in [5.74, 6) is 1.15. The number of aryl methyl sites for hydroxylation is 1. The third kappa shape index (κ3) is 5.34. The van der Waals surface area contributed by atoms with Gasteiger partial charge in [-0.15, -0.1) is 10.2 Å². The first-order valence-corrected chi connectivity index (χ1v) is 12.2. The molecule has 1 saturated heterocycles. The SMILES string of the molecule is CC[C@H](C)N(CC(=O)N1CCN(c2ccc(-c3ccc(C)cc3)nn2)CC1)C(=O)C1CCC1. The maximum absolute atomic E-state index is 13.0. The molecule has 2 aliphatic rings. The van der Waals surface area contributed by atoms with Crippen LogP contribution in [-0.2, 0) is 9.59 Å². The molecule has 7 nitrogen and oxygen atoms in total. The van der Waals surface area contributed by atoms with E-state index in [1.165, 1.54) is 5.56 Å². The summed E-state index contributed by atoms with van der Waals surface area (Å²) in [4.78, 5) is 31.7. The highest BCUT2D eigenvalue weighted by Crippen LogP contribution is 2.29. The van der Waals surface area contributed by atoms with Crippen molar-refractivity contribution in [3.8, 4) is 11.3 Å². The summed E-state index contributed by atoms with van der Waals surface area (Å²) in [7, 11) is 0. The van der Waals surface area contributed by atoms with Crippen LogP contribution in [0.2, 0.25) is 0 Å². The van der Waals surface area contributed by atoms with Crippen molar-refractivity contribution in [2.45, 2.75) is 52.5 Å². The van der Waals surface area contributed by atoms with Crippen LogP contribution in [-0.4, -0.2) is 70.6 Å². The van der Waals surface area contributed by atoms with Crippen molar-refractivity contribution in [3.63, 3.8) is 0 Å². The summed E-state index contributed by atoms with van der Waals surface area (Å²) >= 11 is 0. The van der Waals surface area contributed by atoms with Crippen molar-refractivity contribution in [3.05, 3.63) is 42.0 Å². The molecule has 2 amide bonds. The van der Waals surface area contributed by atoms with Gasteiger partial charge in [0.05, 0.1) is 12.2 Å². The molecule has 0 spiro atoms. The highest BCUT2D eigenvalue weighted by atomic mass is 16.2. The second kappa shape index (κ2) is 10.3. The van der Waals surface area contributed by atoms with Crippen molar-refractivity contribution in [1.82, 2.24) is 20.0 Å². The van der Waals surface area contributed by atoms with E-state index in [1.807, 2.05) is 28.9 Å². The molecule has 1 aromatic heterocycles. The summed E-state index contributed by atoms with van der Waals surface area (Å²) in [6.45, 7) is 9.06. The van der Waals surface area contributed by atoms with Gasteiger partial charge in [0.2, 0.25) is 11.8 Å². The summed E-state index contributed by atoms with van der Waals surface area (Å²) in [5.41, 5.74) is 3.13. The first-order valence-electron chi connectivity index (χ1n) is 12.2. The fourth-order valence-corrected chi connectivity index (χ4v) is 4.36. The van der Waals surface area contributed by atoms with Gasteiger partial charge in [-0.05, 0) is 45.2 Å². The summed E-state index contributed by atoms with van der Waals surface area (Å²) in [6, 6.07) is 12.4. The fourth-order valence-electron chi connectivity index (χ4n) is 4.36. The minimum atomic E-state index is 0.0448. The maximum Gasteiger partial charge on any atom is 0.242 e. The van der Waals surface area contributed by atoms with Gasteiger partial charge in [-0.3, -0.25) is 9.59 Å². The van der Waals surface area contributed by atoms with Crippen LogP contribution in [0.5, 0.6) is 0 Å². The number of anilines is 1. The van der Waals surface area contributed by atoms with Gasteiger partial charge in [-0.1, -0.05) is 43.2 Å². The number of benzene rings is 1. The Morgan fingerprint density at radius 1 is 1.03 bits per heavy atom. The van der Waals surface area contributed by atoms with Crippen molar-refractivity contribution >= 4 is 17.6 Å². The fraction of sp³-hybridized carbons (Fsp3) is 0.538. The molecule has 0 N–H and O–H groups in total. The number of carbonyl (C=O) groups is 2. The molecule has 2 heterocycles. The molecule has 1 saturated carbocycles. The van der Waals surface area contributed by atoms with Gasteiger partial charge < -0.3 is 14.7 Å². The normalized spacial score (nSPS) is 17.4. The highest BCUT2D eigenvalue weighted by molar-refractivity contribution is 5.86. The van der Waals surface area contributed by atoms with Gasteiger partial charge in [-0.25, -0.2) is 0 Å². The lowest BCUT2D eigenvalue weighted by Crippen LogP contribution is -2.54. The monoisotopic (exact) mass is 449 g/mol. The van der Waals surface area contributed by atoms with E-state index in [0.717, 1.165) is 42.8 Å². The Labute approximate surface area is 196 Å². The lowest BCUT2D eigenvalue weighted by molar-refractivity contribution is -0.147. The van der Waals surface area contributed by atoms with Crippen molar-refractivity contribution in [2.24, 2.45) is 5.92 Å². The Kier molecular flexibility index (Phi) is 7.26. The molecule has 33 heavy (non-hydrogen) atoms. The van der Waals surface area contributed by atoms with Crippen LogP contribution in [0.4, 0.5) is 5.82 Å². The predicted molar refractivity (Wildman–Crippen MR) is 130 cm³/mol. The zero-order valence-corrected chi connectivity index (χ0v) is 20.0. The molecule has 7 heteroatoms. The molecule has 4 rings (SSSR count). The van der Waals surface area contributed by atoms with Gasteiger partial charge in [-0.2, -0.15) is 0 Å². The molecule has 0 radical (unpaired) electrons. The number of rotatable bonds is 7. The smallest absolute Gasteiger partial charge is 0.242 e. The molecule has 2 fully saturated rings. The Morgan fingerprint density at radius 2 is 1.73 bits per heavy atom. The Morgan fingerprint density at radius 3 is 2.27 bits per heavy atom. The van der Waals surface area contributed by atoms with E-state index >= 15 is 0 Å². The van der Waals surface area contributed by atoms with Crippen LogP contribution in [0.25, 0.3) is 11.3 Å². The number of nitrogens with zero attached hydrogens (tertiary/aromatic N) is 5. The molecular weight excluding hydrogens is 414 g/mol. The Balaban J connectivity index is 1.32. The second-order valence-electron chi connectivity index (χ2n) is 9.36. The molecular formula is C26H35N5O2. The lowest BCUT2D eigenvalue weighted by atomic mass is 9.84. The quantitative estimate of drug-likeness (QED) is 0.647. The van der Waals surface area contributed by atoms with E-state index in [1.54, 1.807) is 0 Å². The number of aromatic nitrogens is 2. The topological polar surface area (TPSA) is 69.6 Å². The van der Waals surface area contributed by atoms with E-state index in [2.05, 4.69) is 53.2 Å². The van der Waals surface area contributed by atoms with Gasteiger partial charge in [0.25, 0.3) is 0 Å². The predicted octanol–water partition coefficient (Wildman–Crippen LogP) is 3.53. The number of piperazine rings is 1. The van der Waals surface area contributed by atoms with Crippen LogP contribution >= 0.6 is 0 Å². The highest BCUT2D eigenvalue weighted by Gasteiger charge is 2.33. The summed E-state index contributed by atoms with van der Waals surface area (Å²) in [5, 5.41) is 8.84. The molecule has 176 valence electrons. The third-order valence-corrected chi connectivity index (χ3v) is 7.12. The molecule has 1 aliphatic heterocycles. The van der Waals surface area contributed by atoms with E-state index in [9.17, 15) is 9.59 Å². The Hall–Kier alpha value is -2.96. The number of hydrogen-bond donors (Lipinski definition) is 0. The largest absolute Gasteiger partial charge is 0.352 e. The molecule has 2 aromatic rings. The third-order valence-electron chi connectivity index (χ3n) is 7.12. The molecule has 1 aromatic carbocycles. The molecule has 0 unspecified atom stereocenters. The zero-order chi connectivity index (χ0) is 23.4. The van der Waals surface area contributed by atoms with Crippen molar-refractivity contribution in [1.29, 1.82) is 0 Å². The first kappa shape index (κ1) is 23.2. The first-order chi connectivity index (χ1) is 16.0. The van der Waals surface area contributed by atoms with E-state index in [4.69, 9.17) is 0 Å². The van der Waals surface area contributed by atoms with Gasteiger partial charge in [0.15, 0.2) is 5.82 Å². The van der Waals surface area contributed by atoms with Gasteiger partial charge >= 0.3 is 0 Å². The van der Waals surface area contributed by atoms with E-state index in [0.29, 0.717) is 26.2 Å². The average molecular weight is 450 g/mol. The summed E-state index contributed by atoms with van der Waals surface area (Å²) < 4.78 is 0. The van der Waals surface area contributed by atoms with Crippen LogP contribution in [0, 0.1) is 12.8 Å². The zero-order valence-electron chi connectivity index (χ0n) is 20.0. The Bertz CT molecular complexity index is 948. The second-order valence-corrected chi connectivity index (χ2v) is 9.36. The standard InChI is InChI=1S/C26H35N5O2/c1-4-20(3)31(26(33)22-6-5-7-22)18-25(32)30-16-14-29(15-17-30)24-13-12-23(27-28-24)21-10-8-19(2)9-11-21/h8-13,20,22H,4-7,14-18H2,1-3H3/t20-/m0/s1. The van der Waals surface area contributed by atoms with Crippen LogP contribution in [0.3, 0.4) is 0 Å².